The van der Waals surface area contributed by atoms with Gasteiger partial charge in [0.25, 0.3) is 0 Å². The Labute approximate surface area is 99.8 Å². The van der Waals surface area contributed by atoms with E-state index in [0.29, 0.717) is 25.3 Å². The average Bonchev–Trinajstić information content (AvgIpc) is 2.38. The summed E-state index contributed by atoms with van der Waals surface area (Å²) in [5.74, 6) is -0.281. The molecule has 0 aromatic heterocycles. The number of ether oxygens (including phenoxy) is 1. The van der Waals surface area contributed by atoms with E-state index >= 15 is 0 Å². The Kier molecular flexibility index (Phi) is 3.93. The van der Waals surface area contributed by atoms with Gasteiger partial charge in [-0.25, -0.2) is 4.39 Å². The van der Waals surface area contributed by atoms with Gasteiger partial charge in [0.1, 0.15) is 5.82 Å². The highest BCUT2D eigenvalue weighted by Crippen LogP contribution is 2.20. The summed E-state index contributed by atoms with van der Waals surface area (Å²) in [5, 5.41) is 9.05. The van der Waals surface area contributed by atoms with E-state index in [9.17, 15) is 4.39 Å². The number of rotatable bonds is 3. The van der Waals surface area contributed by atoms with Crippen molar-refractivity contribution in [2.45, 2.75) is 12.6 Å². The number of hydrogen-bond acceptors (Lipinski definition) is 4. The molecule has 1 aliphatic rings. The van der Waals surface area contributed by atoms with Crippen LogP contribution in [0.5, 0.6) is 0 Å². The minimum Gasteiger partial charge on any atom is -0.394 e. The SMILES string of the molecule is NCc1ccc(N2CCOC(CO)C2)cc1F. The van der Waals surface area contributed by atoms with Gasteiger partial charge >= 0.3 is 0 Å². The van der Waals surface area contributed by atoms with E-state index in [4.69, 9.17) is 15.6 Å². The molecule has 2 rings (SSSR count). The Morgan fingerprint density at radius 2 is 2.35 bits per heavy atom. The van der Waals surface area contributed by atoms with E-state index in [-0.39, 0.29) is 25.1 Å². The van der Waals surface area contributed by atoms with Crippen LogP contribution in [0.15, 0.2) is 18.2 Å². The molecule has 0 aliphatic carbocycles. The maximum absolute atomic E-state index is 13.6. The highest BCUT2D eigenvalue weighted by atomic mass is 19.1. The van der Waals surface area contributed by atoms with Crippen molar-refractivity contribution in [3.05, 3.63) is 29.6 Å². The number of aliphatic hydroxyl groups is 1. The molecule has 4 nitrogen and oxygen atoms in total. The first-order valence-corrected chi connectivity index (χ1v) is 5.70. The van der Waals surface area contributed by atoms with Crippen LogP contribution < -0.4 is 10.6 Å². The van der Waals surface area contributed by atoms with Crippen LogP contribution in [0.25, 0.3) is 0 Å². The predicted molar refractivity (Wildman–Crippen MR) is 63.3 cm³/mol. The molecular formula is C12H17FN2O2. The number of morpholine rings is 1. The molecule has 1 unspecified atom stereocenters. The molecule has 0 saturated carbocycles. The summed E-state index contributed by atoms with van der Waals surface area (Å²) in [5.41, 5.74) is 6.74. The molecule has 17 heavy (non-hydrogen) atoms. The second kappa shape index (κ2) is 5.44. The van der Waals surface area contributed by atoms with Gasteiger partial charge in [-0.05, 0) is 12.1 Å². The lowest BCUT2D eigenvalue weighted by Crippen LogP contribution is -2.44. The Morgan fingerprint density at radius 3 is 3.00 bits per heavy atom. The van der Waals surface area contributed by atoms with Crippen LogP contribution in [0.1, 0.15) is 5.56 Å². The molecule has 3 N–H and O–H groups in total. The molecule has 1 aromatic rings. The summed E-state index contributed by atoms with van der Waals surface area (Å²) in [6.45, 7) is 2.02. The smallest absolute Gasteiger partial charge is 0.129 e. The molecule has 0 spiro atoms. The van der Waals surface area contributed by atoms with Crippen LogP contribution in [0.4, 0.5) is 10.1 Å². The van der Waals surface area contributed by atoms with Gasteiger partial charge in [0.15, 0.2) is 0 Å². The second-order valence-corrected chi connectivity index (χ2v) is 4.10. The Morgan fingerprint density at radius 1 is 1.53 bits per heavy atom. The molecular weight excluding hydrogens is 223 g/mol. The van der Waals surface area contributed by atoms with Gasteiger partial charge in [-0.2, -0.15) is 0 Å². The molecule has 1 saturated heterocycles. The van der Waals surface area contributed by atoms with Crippen molar-refractivity contribution in [2.24, 2.45) is 5.73 Å². The molecule has 94 valence electrons. The van der Waals surface area contributed by atoms with Crippen molar-refractivity contribution in [3.63, 3.8) is 0 Å². The standard InChI is InChI=1S/C12H17FN2O2/c13-12-5-10(2-1-9(12)6-14)15-3-4-17-11(7-15)8-16/h1-2,5,11,16H,3-4,6-8,14H2. The second-order valence-electron chi connectivity index (χ2n) is 4.10. The molecule has 1 heterocycles. The molecule has 1 fully saturated rings. The normalized spacial score (nSPS) is 20.6. The molecule has 0 bridgehead atoms. The number of halogens is 1. The van der Waals surface area contributed by atoms with Crippen molar-refractivity contribution in [3.8, 4) is 0 Å². The summed E-state index contributed by atoms with van der Waals surface area (Å²) >= 11 is 0. The molecule has 0 radical (unpaired) electrons. The lowest BCUT2D eigenvalue weighted by Gasteiger charge is -2.33. The predicted octanol–water partition coefficient (Wildman–Crippen LogP) is 0.482. The van der Waals surface area contributed by atoms with E-state index in [1.165, 1.54) is 6.07 Å². The molecule has 1 atom stereocenters. The van der Waals surface area contributed by atoms with Gasteiger partial charge < -0.3 is 20.5 Å². The monoisotopic (exact) mass is 240 g/mol. The summed E-state index contributed by atoms with van der Waals surface area (Å²) in [4.78, 5) is 2.01. The minimum atomic E-state index is -0.281. The number of benzene rings is 1. The molecule has 1 aromatic carbocycles. The van der Waals surface area contributed by atoms with Crippen LogP contribution in [0.3, 0.4) is 0 Å². The Bertz CT molecular complexity index is 387. The van der Waals surface area contributed by atoms with Gasteiger partial charge in [0.2, 0.25) is 0 Å². The van der Waals surface area contributed by atoms with Crippen LogP contribution in [-0.4, -0.2) is 37.5 Å². The largest absolute Gasteiger partial charge is 0.394 e. The number of anilines is 1. The maximum atomic E-state index is 13.6. The molecule has 5 heteroatoms. The number of nitrogens with two attached hydrogens (primary N) is 1. The van der Waals surface area contributed by atoms with E-state index in [2.05, 4.69) is 0 Å². The quantitative estimate of drug-likeness (QED) is 0.807. The van der Waals surface area contributed by atoms with Gasteiger partial charge in [-0.1, -0.05) is 6.07 Å². The van der Waals surface area contributed by atoms with Crippen LogP contribution in [-0.2, 0) is 11.3 Å². The topological polar surface area (TPSA) is 58.7 Å². The zero-order chi connectivity index (χ0) is 12.3. The minimum absolute atomic E-state index is 0.0140. The fraction of sp³-hybridized carbons (Fsp3) is 0.500. The number of hydrogen-bond donors (Lipinski definition) is 2. The Hall–Kier alpha value is -1.17. The fourth-order valence-corrected chi connectivity index (χ4v) is 1.96. The highest BCUT2D eigenvalue weighted by molar-refractivity contribution is 5.48. The van der Waals surface area contributed by atoms with E-state index in [1.54, 1.807) is 6.07 Å². The van der Waals surface area contributed by atoms with E-state index in [1.807, 2.05) is 11.0 Å². The van der Waals surface area contributed by atoms with Gasteiger partial charge in [0, 0.05) is 30.9 Å². The average molecular weight is 240 g/mol. The summed E-state index contributed by atoms with van der Waals surface area (Å²) < 4.78 is 18.9. The summed E-state index contributed by atoms with van der Waals surface area (Å²) in [7, 11) is 0. The molecule has 1 aliphatic heterocycles. The lowest BCUT2D eigenvalue weighted by atomic mass is 10.1. The third-order valence-corrected chi connectivity index (χ3v) is 2.96. The third kappa shape index (κ3) is 2.74. The number of nitrogens with zero attached hydrogens (tertiary/aromatic N) is 1. The zero-order valence-corrected chi connectivity index (χ0v) is 9.60. The van der Waals surface area contributed by atoms with Crippen LogP contribution >= 0.6 is 0 Å². The molecule has 0 amide bonds. The first-order valence-electron chi connectivity index (χ1n) is 5.70. The van der Waals surface area contributed by atoms with Crippen molar-refractivity contribution in [2.75, 3.05) is 31.2 Å². The first kappa shape index (κ1) is 12.3. The highest BCUT2D eigenvalue weighted by Gasteiger charge is 2.20. The lowest BCUT2D eigenvalue weighted by molar-refractivity contribution is 0.00355. The number of aliphatic hydroxyl groups excluding tert-OH is 1. The summed E-state index contributed by atoms with van der Waals surface area (Å²) in [6, 6.07) is 5.04. The summed E-state index contributed by atoms with van der Waals surface area (Å²) in [6.07, 6.45) is -0.194. The zero-order valence-electron chi connectivity index (χ0n) is 9.60. The maximum Gasteiger partial charge on any atom is 0.129 e. The van der Waals surface area contributed by atoms with Crippen molar-refractivity contribution in [1.29, 1.82) is 0 Å². The van der Waals surface area contributed by atoms with Crippen molar-refractivity contribution in [1.82, 2.24) is 0 Å². The third-order valence-electron chi connectivity index (χ3n) is 2.96. The fourth-order valence-electron chi connectivity index (χ4n) is 1.96. The van der Waals surface area contributed by atoms with E-state index < -0.39 is 0 Å². The van der Waals surface area contributed by atoms with Gasteiger partial charge in [-0.15, -0.1) is 0 Å². The van der Waals surface area contributed by atoms with Crippen LogP contribution in [0.2, 0.25) is 0 Å². The first-order chi connectivity index (χ1) is 8.24. The van der Waals surface area contributed by atoms with Gasteiger partial charge in [-0.3, -0.25) is 0 Å². The van der Waals surface area contributed by atoms with Crippen molar-refractivity contribution >= 4 is 5.69 Å². The Balaban J connectivity index is 2.13. The van der Waals surface area contributed by atoms with Crippen LogP contribution in [0, 0.1) is 5.82 Å². The van der Waals surface area contributed by atoms with Gasteiger partial charge in [0.05, 0.1) is 19.3 Å². The van der Waals surface area contributed by atoms with E-state index in [0.717, 1.165) is 5.69 Å². The van der Waals surface area contributed by atoms with Crippen molar-refractivity contribution < 1.29 is 14.2 Å².